The Balaban J connectivity index is 2.49. The summed E-state index contributed by atoms with van der Waals surface area (Å²) in [6.45, 7) is 0. The molecule has 12 heteroatoms. The minimum Gasteiger partial charge on any atom is -0.494 e. The molecule has 37 heavy (non-hydrogen) atoms. The standard InChI is InChI=1S/C25H30N2O9S/c1-31-16-9-13(10-17(32-2)22(16)26)21(14-11-18(33-3)23(27)19(12-14)34-4)15-7-8-20(37(28,29)30)25(36-6)24(15)35-5/h7-12,21H,26-27H2,1-6H3,(H,28,29,30). The molecule has 3 aromatic rings. The first-order valence-electron chi connectivity index (χ1n) is 10.8. The number of rotatable bonds is 10. The molecule has 0 atom stereocenters. The molecule has 0 spiro atoms. The van der Waals surface area contributed by atoms with Crippen LogP contribution in [0.25, 0.3) is 0 Å². The smallest absolute Gasteiger partial charge is 0.298 e. The van der Waals surface area contributed by atoms with Crippen LogP contribution in [0.4, 0.5) is 11.4 Å². The number of hydrogen-bond acceptors (Lipinski definition) is 10. The molecule has 0 saturated heterocycles. The van der Waals surface area contributed by atoms with E-state index in [1.165, 1.54) is 54.8 Å². The summed E-state index contributed by atoms with van der Waals surface area (Å²) in [6, 6.07) is 9.64. The molecule has 0 aliphatic rings. The molecule has 5 N–H and O–H groups in total. The van der Waals surface area contributed by atoms with Gasteiger partial charge in [0.05, 0.1) is 42.7 Å². The highest BCUT2D eigenvalue weighted by Crippen LogP contribution is 2.49. The first-order chi connectivity index (χ1) is 17.6. The summed E-state index contributed by atoms with van der Waals surface area (Å²) >= 11 is 0. The summed E-state index contributed by atoms with van der Waals surface area (Å²) < 4.78 is 66.8. The lowest BCUT2D eigenvalue weighted by Gasteiger charge is -2.25. The average molecular weight is 535 g/mol. The van der Waals surface area contributed by atoms with Crippen LogP contribution in [-0.4, -0.2) is 55.6 Å². The van der Waals surface area contributed by atoms with Gasteiger partial charge in [-0.2, -0.15) is 8.42 Å². The molecule has 0 bridgehead atoms. The zero-order valence-electron chi connectivity index (χ0n) is 21.3. The topological polar surface area (TPSA) is 162 Å². The van der Waals surface area contributed by atoms with E-state index in [0.29, 0.717) is 51.1 Å². The van der Waals surface area contributed by atoms with Crippen molar-refractivity contribution in [1.82, 2.24) is 0 Å². The van der Waals surface area contributed by atoms with Gasteiger partial charge in [-0.3, -0.25) is 4.55 Å². The summed E-state index contributed by atoms with van der Waals surface area (Å²) in [6.07, 6.45) is 0. The van der Waals surface area contributed by atoms with Crippen molar-refractivity contribution in [1.29, 1.82) is 0 Å². The SMILES string of the molecule is COc1cc(C(c2cc(OC)c(N)c(OC)c2)c2ccc(S(=O)(=O)O)c(OC)c2OC)cc(OC)c1N. The van der Waals surface area contributed by atoms with Crippen LogP contribution < -0.4 is 39.9 Å². The van der Waals surface area contributed by atoms with Crippen molar-refractivity contribution >= 4 is 21.5 Å². The number of anilines is 2. The van der Waals surface area contributed by atoms with E-state index in [0.717, 1.165) is 0 Å². The van der Waals surface area contributed by atoms with Crippen LogP contribution in [0, 0.1) is 0 Å². The monoisotopic (exact) mass is 534 g/mol. The van der Waals surface area contributed by atoms with Crippen molar-refractivity contribution in [2.75, 3.05) is 54.1 Å². The predicted molar refractivity (Wildman–Crippen MR) is 138 cm³/mol. The van der Waals surface area contributed by atoms with Crippen LogP contribution in [0.2, 0.25) is 0 Å². The van der Waals surface area contributed by atoms with Gasteiger partial charge in [-0.25, -0.2) is 0 Å². The molecule has 11 nitrogen and oxygen atoms in total. The van der Waals surface area contributed by atoms with Crippen molar-refractivity contribution in [3.63, 3.8) is 0 Å². The maximum absolute atomic E-state index is 12.0. The Morgan fingerprint density at radius 1 is 0.649 bits per heavy atom. The molecule has 0 heterocycles. The van der Waals surface area contributed by atoms with Gasteiger partial charge in [0.1, 0.15) is 39.3 Å². The molecule has 0 saturated carbocycles. The van der Waals surface area contributed by atoms with Gasteiger partial charge in [0, 0.05) is 11.5 Å². The van der Waals surface area contributed by atoms with E-state index in [4.69, 9.17) is 39.9 Å². The average Bonchev–Trinajstić information content (AvgIpc) is 2.88. The highest BCUT2D eigenvalue weighted by Gasteiger charge is 2.30. The highest BCUT2D eigenvalue weighted by molar-refractivity contribution is 7.86. The Morgan fingerprint density at radius 2 is 1.03 bits per heavy atom. The van der Waals surface area contributed by atoms with E-state index in [-0.39, 0.29) is 11.5 Å². The second kappa shape index (κ2) is 10.9. The van der Waals surface area contributed by atoms with E-state index >= 15 is 0 Å². The lowest BCUT2D eigenvalue weighted by atomic mass is 9.83. The number of nitrogens with two attached hydrogens (primary N) is 2. The second-order valence-corrected chi connectivity index (χ2v) is 9.20. The Kier molecular flexibility index (Phi) is 8.14. The number of hydrogen-bond donors (Lipinski definition) is 3. The third-order valence-corrected chi connectivity index (χ3v) is 6.78. The van der Waals surface area contributed by atoms with Gasteiger partial charge in [-0.1, -0.05) is 6.07 Å². The van der Waals surface area contributed by atoms with Gasteiger partial charge in [0.2, 0.25) is 0 Å². The molecular weight excluding hydrogens is 504 g/mol. The van der Waals surface area contributed by atoms with Crippen LogP contribution in [0.5, 0.6) is 34.5 Å². The molecular formula is C25H30N2O9S. The third-order valence-electron chi connectivity index (χ3n) is 5.90. The third kappa shape index (κ3) is 5.11. The van der Waals surface area contributed by atoms with Gasteiger partial charge in [0.25, 0.3) is 10.1 Å². The van der Waals surface area contributed by atoms with Gasteiger partial charge in [0.15, 0.2) is 11.5 Å². The molecule has 0 aliphatic carbocycles. The first kappa shape index (κ1) is 27.6. The summed E-state index contributed by atoms with van der Waals surface area (Å²) in [7, 11) is 3.92. The summed E-state index contributed by atoms with van der Waals surface area (Å²) in [5.41, 5.74) is 14.7. The molecule has 3 aromatic carbocycles. The van der Waals surface area contributed by atoms with E-state index < -0.39 is 20.9 Å². The lowest BCUT2D eigenvalue weighted by molar-refractivity contribution is 0.341. The predicted octanol–water partition coefficient (Wildman–Crippen LogP) is 3.33. The van der Waals surface area contributed by atoms with E-state index in [1.54, 1.807) is 24.3 Å². The largest absolute Gasteiger partial charge is 0.494 e. The van der Waals surface area contributed by atoms with Crippen LogP contribution >= 0.6 is 0 Å². The molecule has 0 aromatic heterocycles. The van der Waals surface area contributed by atoms with Gasteiger partial charge >= 0.3 is 0 Å². The first-order valence-corrected chi connectivity index (χ1v) is 12.2. The van der Waals surface area contributed by atoms with Gasteiger partial charge in [-0.05, 0) is 41.5 Å². The molecule has 0 amide bonds. The molecule has 0 aliphatic heterocycles. The molecule has 0 unspecified atom stereocenters. The second-order valence-electron chi connectivity index (χ2n) is 7.81. The highest BCUT2D eigenvalue weighted by atomic mass is 32.2. The number of nitrogen functional groups attached to an aromatic ring is 2. The maximum Gasteiger partial charge on any atom is 0.298 e. The summed E-state index contributed by atoms with van der Waals surface area (Å²) in [5, 5.41) is 0. The molecule has 0 fully saturated rings. The summed E-state index contributed by atoms with van der Waals surface area (Å²) in [4.78, 5) is -0.450. The molecule has 3 rings (SSSR count). The van der Waals surface area contributed by atoms with Crippen molar-refractivity contribution in [3.05, 3.63) is 53.1 Å². The molecule has 200 valence electrons. The minimum absolute atomic E-state index is 0.0761. The fraction of sp³-hybridized carbons (Fsp3) is 0.280. The summed E-state index contributed by atoms with van der Waals surface area (Å²) in [5.74, 6) is 0.668. The van der Waals surface area contributed by atoms with Crippen molar-refractivity contribution in [2.24, 2.45) is 0 Å². The quantitative estimate of drug-likeness (QED) is 0.199. The van der Waals surface area contributed by atoms with E-state index in [1.807, 2.05) is 0 Å². The normalized spacial score (nSPS) is 11.2. The lowest BCUT2D eigenvalue weighted by Crippen LogP contribution is -2.11. The van der Waals surface area contributed by atoms with E-state index in [9.17, 15) is 13.0 Å². The Hall–Kier alpha value is -4.03. The molecule has 0 radical (unpaired) electrons. The zero-order valence-corrected chi connectivity index (χ0v) is 22.1. The fourth-order valence-corrected chi connectivity index (χ4v) is 4.85. The van der Waals surface area contributed by atoms with Crippen molar-refractivity contribution in [3.8, 4) is 34.5 Å². The number of benzene rings is 3. The van der Waals surface area contributed by atoms with Crippen molar-refractivity contribution in [2.45, 2.75) is 10.8 Å². The number of methoxy groups -OCH3 is 6. The van der Waals surface area contributed by atoms with Gasteiger partial charge in [-0.15, -0.1) is 0 Å². The van der Waals surface area contributed by atoms with Crippen LogP contribution in [0.1, 0.15) is 22.6 Å². The Morgan fingerprint density at radius 3 is 1.32 bits per heavy atom. The number of ether oxygens (including phenoxy) is 6. The van der Waals surface area contributed by atoms with Gasteiger partial charge < -0.3 is 39.9 Å². The maximum atomic E-state index is 12.0. The Bertz CT molecular complexity index is 1300. The zero-order chi connectivity index (χ0) is 27.5. The van der Waals surface area contributed by atoms with E-state index in [2.05, 4.69) is 0 Å². The fourth-order valence-electron chi connectivity index (χ4n) is 4.20. The van der Waals surface area contributed by atoms with Crippen LogP contribution in [0.15, 0.2) is 41.3 Å². The van der Waals surface area contributed by atoms with Crippen LogP contribution in [0.3, 0.4) is 0 Å². The minimum atomic E-state index is -4.62. The Labute approximate surface area is 215 Å². The van der Waals surface area contributed by atoms with Crippen LogP contribution in [-0.2, 0) is 10.1 Å². The van der Waals surface area contributed by atoms with Crippen molar-refractivity contribution < 1.29 is 41.4 Å².